The maximum atomic E-state index is 12.6. The molecule has 0 radical (unpaired) electrons. The minimum atomic E-state index is -3.70. The van der Waals surface area contributed by atoms with Gasteiger partial charge in [-0.1, -0.05) is 31.0 Å². The third-order valence-electron chi connectivity index (χ3n) is 3.93. The molecule has 1 aromatic carbocycles. The van der Waals surface area contributed by atoms with Gasteiger partial charge in [-0.05, 0) is 31.0 Å². The average molecular weight is 332 g/mol. The molecule has 21 heavy (non-hydrogen) atoms. The van der Waals surface area contributed by atoms with Gasteiger partial charge in [-0.15, -0.1) is 0 Å². The number of hydrogen-bond acceptors (Lipinski definition) is 3. The Bertz CT molecular complexity index is 646. The normalized spacial score (nSPS) is 23.3. The van der Waals surface area contributed by atoms with Gasteiger partial charge in [0.25, 0.3) is 0 Å². The molecular formula is C14H18ClNO4S. The molecule has 0 amide bonds. The number of aliphatic carboxylic acids is 1. The van der Waals surface area contributed by atoms with E-state index in [-0.39, 0.29) is 18.0 Å². The first-order valence-electron chi connectivity index (χ1n) is 6.81. The average Bonchev–Trinajstić information content (AvgIpc) is 2.85. The van der Waals surface area contributed by atoms with Gasteiger partial charge in [0.1, 0.15) is 0 Å². The molecule has 1 aliphatic rings. The van der Waals surface area contributed by atoms with Crippen molar-refractivity contribution in [1.82, 2.24) is 4.31 Å². The number of carboxylic acid groups (broad SMARTS) is 1. The summed E-state index contributed by atoms with van der Waals surface area (Å²) in [7, 11) is -3.70. The van der Waals surface area contributed by atoms with E-state index in [2.05, 4.69) is 0 Å². The predicted molar refractivity (Wildman–Crippen MR) is 79.8 cm³/mol. The summed E-state index contributed by atoms with van der Waals surface area (Å²) in [6.45, 7) is 2.14. The summed E-state index contributed by atoms with van der Waals surface area (Å²) in [5, 5.41) is 9.79. The molecule has 1 aromatic rings. The van der Waals surface area contributed by atoms with Crippen LogP contribution in [0.3, 0.4) is 0 Å². The summed E-state index contributed by atoms with van der Waals surface area (Å²) in [6, 6.07) is 6.03. The molecule has 1 unspecified atom stereocenters. The van der Waals surface area contributed by atoms with Crippen molar-refractivity contribution in [3.8, 4) is 0 Å². The van der Waals surface area contributed by atoms with Crippen molar-refractivity contribution >= 4 is 27.6 Å². The topological polar surface area (TPSA) is 74.7 Å². The van der Waals surface area contributed by atoms with Crippen LogP contribution in [0.15, 0.2) is 29.2 Å². The number of halogens is 1. The van der Waals surface area contributed by atoms with Gasteiger partial charge in [0.15, 0.2) is 0 Å². The molecule has 116 valence electrons. The Morgan fingerprint density at radius 3 is 2.76 bits per heavy atom. The molecule has 1 atom stereocenters. The molecule has 0 aliphatic carbocycles. The zero-order chi connectivity index (χ0) is 15.7. The molecule has 1 saturated heterocycles. The standard InChI is InChI=1S/C14H18ClNO4S/c1-2-6-14(13(17)18)7-8-16(10-14)21(19,20)12-5-3-4-11(15)9-12/h3-5,9H,2,6-8,10H2,1H3,(H,17,18). The van der Waals surface area contributed by atoms with Gasteiger partial charge in [0.05, 0.1) is 10.3 Å². The Morgan fingerprint density at radius 1 is 1.48 bits per heavy atom. The minimum absolute atomic E-state index is 0.0189. The van der Waals surface area contributed by atoms with Crippen LogP contribution in [0.1, 0.15) is 26.2 Å². The van der Waals surface area contributed by atoms with Crippen molar-refractivity contribution in [2.45, 2.75) is 31.1 Å². The van der Waals surface area contributed by atoms with Crippen molar-refractivity contribution in [2.24, 2.45) is 5.41 Å². The van der Waals surface area contributed by atoms with Crippen LogP contribution in [0.25, 0.3) is 0 Å². The van der Waals surface area contributed by atoms with Crippen molar-refractivity contribution in [3.05, 3.63) is 29.3 Å². The molecule has 1 fully saturated rings. The molecule has 5 nitrogen and oxygen atoms in total. The van der Waals surface area contributed by atoms with Gasteiger partial charge in [-0.3, -0.25) is 4.79 Å². The van der Waals surface area contributed by atoms with E-state index in [0.717, 1.165) is 0 Å². The first kappa shape index (κ1) is 16.3. The van der Waals surface area contributed by atoms with Crippen molar-refractivity contribution in [3.63, 3.8) is 0 Å². The molecule has 1 N–H and O–H groups in total. The Morgan fingerprint density at radius 2 is 2.19 bits per heavy atom. The van der Waals surface area contributed by atoms with Crippen molar-refractivity contribution < 1.29 is 18.3 Å². The zero-order valence-corrected chi connectivity index (χ0v) is 13.3. The van der Waals surface area contributed by atoms with E-state index in [0.29, 0.717) is 24.3 Å². The monoisotopic (exact) mass is 331 g/mol. The maximum Gasteiger partial charge on any atom is 0.311 e. The van der Waals surface area contributed by atoms with Gasteiger partial charge in [-0.25, -0.2) is 8.42 Å². The van der Waals surface area contributed by atoms with Crippen LogP contribution >= 0.6 is 11.6 Å². The van der Waals surface area contributed by atoms with Gasteiger partial charge >= 0.3 is 5.97 Å². The Kier molecular flexibility index (Phi) is 4.60. The summed E-state index contributed by atoms with van der Waals surface area (Å²) >= 11 is 5.84. The van der Waals surface area contributed by atoms with Crippen LogP contribution in [0.2, 0.25) is 5.02 Å². The highest BCUT2D eigenvalue weighted by Gasteiger charge is 2.47. The zero-order valence-electron chi connectivity index (χ0n) is 11.8. The molecule has 0 bridgehead atoms. The number of sulfonamides is 1. The van der Waals surface area contributed by atoms with E-state index in [4.69, 9.17) is 11.6 Å². The largest absolute Gasteiger partial charge is 0.481 e. The van der Waals surface area contributed by atoms with Gasteiger partial charge in [0.2, 0.25) is 10.0 Å². The highest BCUT2D eigenvalue weighted by atomic mass is 35.5. The number of benzene rings is 1. The lowest BCUT2D eigenvalue weighted by Gasteiger charge is -2.24. The van der Waals surface area contributed by atoms with E-state index < -0.39 is 21.4 Å². The van der Waals surface area contributed by atoms with Crippen LogP contribution in [0.4, 0.5) is 0 Å². The summed E-state index contributed by atoms with van der Waals surface area (Å²) in [6.07, 6.45) is 1.53. The Labute approximate surface area is 129 Å². The summed E-state index contributed by atoms with van der Waals surface area (Å²) in [4.78, 5) is 11.6. The van der Waals surface area contributed by atoms with Crippen molar-refractivity contribution in [1.29, 1.82) is 0 Å². The van der Waals surface area contributed by atoms with E-state index in [1.54, 1.807) is 12.1 Å². The highest BCUT2D eigenvalue weighted by molar-refractivity contribution is 7.89. The maximum absolute atomic E-state index is 12.6. The number of rotatable bonds is 5. The highest BCUT2D eigenvalue weighted by Crippen LogP contribution is 2.38. The fourth-order valence-corrected chi connectivity index (χ4v) is 4.61. The predicted octanol–water partition coefficient (Wildman–Crippen LogP) is 2.61. The first-order chi connectivity index (χ1) is 9.82. The Hall–Kier alpha value is -1.11. The fraction of sp³-hybridized carbons (Fsp3) is 0.500. The third-order valence-corrected chi connectivity index (χ3v) is 6.01. The first-order valence-corrected chi connectivity index (χ1v) is 8.63. The molecule has 7 heteroatoms. The molecule has 1 aliphatic heterocycles. The lowest BCUT2D eigenvalue weighted by Crippen LogP contribution is -2.36. The van der Waals surface area contributed by atoms with Gasteiger partial charge in [-0.2, -0.15) is 4.31 Å². The van der Waals surface area contributed by atoms with E-state index in [1.807, 2.05) is 6.92 Å². The molecule has 0 aromatic heterocycles. The third kappa shape index (κ3) is 3.07. The summed E-state index contributed by atoms with van der Waals surface area (Å²) in [5.41, 5.74) is -0.972. The second-order valence-corrected chi connectivity index (χ2v) is 7.76. The second-order valence-electron chi connectivity index (χ2n) is 5.38. The van der Waals surface area contributed by atoms with E-state index in [9.17, 15) is 18.3 Å². The van der Waals surface area contributed by atoms with E-state index in [1.165, 1.54) is 16.4 Å². The van der Waals surface area contributed by atoms with Gasteiger partial charge in [0, 0.05) is 18.1 Å². The second kappa shape index (κ2) is 5.94. The van der Waals surface area contributed by atoms with Gasteiger partial charge < -0.3 is 5.11 Å². The summed E-state index contributed by atoms with van der Waals surface area (Å²) < 4.78 is 26.4. The molecule has 2 rings (SSSR count). The van der Waals surface area contributed by atoms with E-state index >= 15 is 0 Å². The minimum Gasteiger partial charge on any atom is -0.481 e. The lowest BCUT2D eigenvalue weighted by molar-refractivity contribution is -0.148. The van der Waals surface area contributed by atoms with Crippen molar-refractivity contribution in [2.75, 3.05) is 13.1 Å². The molecule has 0 spiro atoms. The quantitative estimate of drug-likeness (QED) is 0.900. The number of hydrogen-bond donors (Lipinski definition) is 1. The number of carboxylic acids is 1. The smallest absolute Gasteiger partial charge is 0.311 e. The van der Waals surface area contributed by atoms with Crippen LogP contribution < -0.4 is 0 Å². The van der Waals surface area contributed by atoms with Crippen LogP contribution in [-0.2, 0) is 14.8 Å². The number of nitrogens with zero attached hydrogens (tertiary/aromatic N) is 1. The lowest BCUT2D eigenvalue weighted by atomic mass is 9.83. The molecule has 1 heterocycles. The van der Waals surface area contributed by atoms with Crippen LogP contribution in [0, 0.1) is 5.41 Å². The summed E-state index contributed by atoms with van der Waals surface area (Å²) in [5.74, 6) is -0.923. The molecular weight excluding hydrogens is 314 g/mol. The Balaban J connectivity index is 2.30. The number of carbonyl (C=O) groups is 1. The van der Waals surface area contributed by atoms with Crippen LogP contribution in [0.5, 0.6) is 0 Å². The van der Waals surface area contributed by atoms with Crippen LogP contribution in [-0.4, -0.2) is 36.9 Å². The fourth-order valence-electron chi connectivity index (χ4n) is 2.78. The molecule has 0 saturated carbocycles. The SMILES string of the molecule is CCCC1(C(=O)O)CCN(S(=O)(=O)c2cccc(Cl)c2)C1.